The molecular weight excluding hydrogens is 260 g/mol. The van der Waals surface area contributed by atoms with Crippen LogP contribution in [0.25, 0.3) is 0 Å². The second-order valence-corrected chi connectivity index (χ2v) is 5.84. The summed E-state index contributed by atoms with van der Waals surface area (Å²) in [7, 11) is 1.60. The number of amides is 2. The molecule has 0 aliphatic carbocycles. The maximum Gasteiger partial charge on any atom is 0.320 e. The van der Waals surface area contributed by atoms with Crippen molar-refractivity contribution in [2.45, 2.75) is 52.6 Å². The van der Waals surface area contributed by atoms with E-state index in [1.54, 1.807) is 16.9 Å². The number of carbonyl (C=O) groups excluding carboxylic acids is 1. The summed E-state index contributed by atoms with van der Waals surface area (Å²) in [5, 5.41) is 8.83. The molecule has 0 aromatic rings. The van der Waals surface area contributed by atoms with Crippen LogP contribution in [0.4, 0.5) is 4.79 Å². The lowest BCUT2D eigenvalue weighted by Crippen LogP contribution is -2.55. The second kappa shape index (κ2) is 8.09. The van der Waals surface area contributed by atoms with E-state index in [9.17, 15) is 9.59 Å². The lowest BCUT2D eigenvalue weighted by atomic mass is 10.1. The number of hydrogen-bond acceptors (Lipinski definition) is 3. The number of rotatable bonds is 7. The third-order valence-electron chi connectivity index (χ3n) is 3.12. The van der Waals surface area contributed by atoms with E-state index in [1.165, 1.54) is 0 Å². The smallest absolute Gasteiger partial charge is 0.320 e. The van der Waals surface area contributed by atoms with Gasteiger partial charge in [-0.15, -0.1) is 0 Å². The predicted molar refractivity (Wildman–Crippen MR) is 77.8 cm³/mol. The van der Waals surface area contributed by atoms with Gasteiger partial charge < -0.3 is 19.6 Å². The Balaban J connectivity index is 5.04. The second-order valence-electron chi connectivity index (χ2n) is 5.84. The molecule has 0 spiro atoms. The highest BCUT2D eigenvalue weighted by Crippen LogP contribution is 2.18. The first-order valence-electron chi connectivity index (χ1n) is 6.94. The quantitative estimate of drug-likeness (QED) is 0.778. The van der Waals surface area contributed by atoms with Crippen LogP contribution in [0.5, 0.6) is 0 Å². The fourth-order valence-electron chi connectivity index (χ4n) is 2.05. The summed E-state index contributed by atoms with van der Waals surface area (Å²) < 4.78 is 5.09. The number of aliphatic carboxylic acids is 1. The van der Waals surface area contributed by atoms with Crippen molar-refractivity contribution >= 4 is 12.0 Å². The van der Waals surface area contributed by atoms with Gasteiger partial charge in [0.05, 0.1) is 19.1 Å². The molecule has 0 aromatic carbocycles. The molecule has 0 saturated heterocycles. The third kappa shape index (κ3) is 5.77. The van der Waals surface area contributed by atoms with Crippen LogP contribution in [0.3, 0.4) is 0 Å². The molecule has 0 radical (unpaired) electrons. The van der Waals surface area contributed by atoms with E-state index in [2.05, 4.69) is 0 Å². The average molecular weight is 288 g/mol. The van der Waals surface area contributed by atoms with Gasteiger partial charge >= 0.3 is 12.0 Å². The van der Waals surface area contributed by atoms with Crippen molar-refractivity contribution in [3.8, 4) is 0 Å². The lowest BCUT2D eigenvalue weighted by molar-refractivity contribution is -0.137. The van der Waals surface area contributed by atoms with Crippen molar-refractivity contribution < 1.29 is 19.4 Å². The van der Waals surface area contributed by atoms with Crippen molar-refractivity contribution in [2.24, 2.45) is 0 Å². The maximum atomic E-state index is 12.7. The number of methoxy groups -OCH3 is 1. The minimum atomic E-state index is -0.903. The fourth-order valence-corrected chi connectivity index (χ4v) is 2.05. The van der Waals surface area contributed by atoms with Crippen molar-refractivity contribution in [3.05, 3.63) is 0 Å². The van der Waals surface area contributed by atoms with Crippen LogP contribution in [-0.4, -0.2) is 65.3 Å². The lowest BCUT2D eigenvalue weighted by Gasteiger charge is -2.40. The molecule has 1 unspecified atom stereocenters. The zero-order chi connectivity index (χ0) is 15.9. The Morgan fingerprint density at radius 1 is 1.30 bits per heavy atom. The monoisotopic (exact) mass is 288 g/mol. The molecule has 0 bridgehead atoms. The molecule has 0 aliphatic rings. The summed E-state index contributed by atoms with van der Waals surface area (Å²) in [6.07, 6.45) is -0.0563. The van der Waals surface area contributed by atoms with E-state index in [0.717, 1.165) is 0 Å². The van der Waals surface area contributed by atoms with Gasteiger partial charge in [0, 0.05) is 25.7 Å². The minimum absolute atomic E-state index is 0.0489. The topological polar surface area (TPSA) is 70.1 Å². The van der Waals surface area contributed by atoms with E-state index in [-0.39, 0.29) is 25.0 Å². The molecule has 0 saturated carbocycles. The molecule has 0 rings (SSSR count). The first-order chi connectivity index (χ1) is 9.15. The number of hydrogen-bond donors (Lipinski definition) is 1. The largest absolute Gasteiger partial charge is 0.481 e. The van der Waals surface area contributed by atoms with Crippen LogP contribution in [0.15, 0.2) is 0 Å². The Labute approximate surface area is 121 Å². The highest BCUT2D eigenvalue weighted by atomic mass is 16.5. The van der Waals surface area contributed by atoms with Crippen LogP contribution in [0.2, 0.25) is 0 Å². The Bertz CT molecular complexity index is 326. The molecular formula is C14H28N2O4. The highest BCUT2D eigenvalue weighted by molar-refractivity contribution is 5.76. The Morgan fingerprint density at radius 3 is 2.20 bits per heavy atom. The number of carboxylic acid groups (broad SMARTS) is 1. The molecule has 20 heavy (non-hydrogen) atoms. The number of ether oxygens (including phenoxy) is 1. The molecule has 1 atom stereocenters. The van der Waals surface area contributed by atoms with Gasteiger partial charge in [-0.1, -0.05) is 0 Å². The summed E-state index contributed by atoms with van der Waals surface area (Å²) in [6, 6.07) is -0.196. The summed E-state index contributed by atoms with van der Waals surface area (Å²) in [4.78, 5) is 26.7. The number of carboxylic acids is 1. The Morgan fingerprint density at radius 2 is 1.85 bits per heavy atom. The van der Waals surface area contributed by atoms with Crippen molar-refractivity contribution in [2.75, 3.05) is 26.8 Å². The van der Waals surface area contributed by atoms with E-state index in [4.69, 9.17) is 9.84 Å². The first kappa shape index (κ1) is 18.7. The molecule has 0 fully saturated rings. The SMILES string of the molecule is CCN(C(=O)N(CCC(=O)O)C(C)(C)C)C(C)COC. The summed E-state index contributed by atoms with van der Waals surface area (Å²) in [5.74, 6) is -0.903. The van der Waals surface area contributed by atoms with Crippen molar-refractivity contribution in [1.29, 1.82) is 0 Å². The van der Waals surface area contributed by atoms with Crippen LogP contribution >= 0.6 is 0 Å². The van der Waals surface area contributed by atoms with Gasteiger partial charge in [-0.2, -0.15) is 0 Å². The fraction of sp³-hybridized carbons (Fsp3) is 0.857. The molecule has 2 amide bonds. The molecule has 0 heterocycles. The summed E-state index contributed by atoms with van der Waals surface area (Å²) in [5.41, 5.74) is -0.424. The van der Waals surface area contributed by atoms with Crippen LogP contribution < -0.4 is 0 Å². The molecule has 0 aliphatic heterocycles. The van der Waals surface area contributed by atoms with Gasteiger partial charge in [0.15, 0.2) is 0 Å². The van der Waals surface area contributed by atoms with Gasteiger partial charge in [-0.3, -0.25) is 4.79 Å². The van der Waals surface area contributed by atoms with E-state index in [0.29, 0.717) is 13.2 Å². The molecule has 118 valence electrons. The normalized spacial score (nSPS) is 12.9. The van der Waals surface area contributed by atoms with Crippen LogP contribution in [0.1, 0.15) is 41.0 Å². The zero-order valence-electron chi connectivity index (χ0n) is 13.5. The first-order valence-corrected chi connectivity index (χ1v) is 6.94. The van der Waals surface area contributed by atoms with Gasteiger partial charge in [0.1, 0.15) is 0 Å². The number of likely N-dealkylation sites (N-methyl/N-ethyl adjacent to an activating group) is 1. The van der Waals surface area contributed by atoms with Gasteiger partial charge in [0.2, 0.25) is 0 Å². The summed E-state index contributed by atoms with van der Waals surface area (Å²) in [6.45, 7) is 10.8. The van der Waals surface area contributed by atoms with Gasteiger partial charge in [-0.05, 0) is 34.6 Å². The molecule has 6 heteroatoms. The van der Waals surface area contributed by atoms with E-state index < -0.39 is 11.5 Å². The Kier molecular flexibility index (Phi) is 7.57. The number of nitrogens with zero attached hydrogens (tertiary/aromatic N) is 2. The molecule has 0 aromatic heterocycles. The maximum absolute atomic E-state index is 12.7. The zero-order valence-corrected chi connectivity index (χ0v) is 13.5. The molecule has 6 nitrogen and oxygen atoms in total. The average Bonchev–Trinajstić information content (AvgIpc) is 2.28. The Hall–Kier alpha value is -1.30. The minimum Gasteiger partial charge on any atom is -0.481 e. The molecule has 1 N–H and O–H groups in total. The summed E-state index contributed by atoms with van der Waals surface area (Å²) >= 11 is 0. The van der Waals surface area contributed by atoms with Gasteiger partial charge in [0.25, 0.3) is 0 Å². The number of carbonyl (C=O) groups is 2. The highest BCUT2D eigenvalue weighted by Gasteiger charge is 2.31. The van der Waals surface area contributed by atoms with Crippen molar-refractivity contribution in [3.63, 3.8) is 0 Å². The van der Waals surface area contributed by atoms with Crippen LogP contribution in [0, 0.1) is 0 Å². The van der Waals surface area contributed by atoms with E-state index in [1.807, 2.05) is 34.6 Å². The van der Waals surface area contributed by atoms with Crippen molar-refractivity contribution in [1.82, 2.24) is 9.80 Å². The predicted octanol–water partition coefficient (Wildman–Crippen LogP) is 2.04. The third-order valence-corrected chi connectivity index (χ3v) is 3.12. The van der Waals surface area contributed by atoms with Crippen LogP contribution in [-0.2, 0) is 9.53 Å². The standard InChI is InChI=1S/C14H28N2O4/c1-7-15(11(2)10-20-6)13(19)16(14(3,4)5)9-8-12(17)18/h11H,7-10H2,1-6H3,(H,17,18). The van der Waals surface area contributed by atoms with Gasteiger partial charge in [-0.25, -0.2) is 4.79 Å². The van der Waals surface area contributed by atoms with E-state index >= 15 is 0 Å². The number of urea groups is 1.